The molecule has 0 N–H and O–H groups in total. The average Bonchev–Trinajstić information content (AvgIpc) is 2.86. The summed E-state index contributed by atoms with van der Waals surface area (Å²) in [6.07, 6.45) is 9.92. The molecule has 3 saturated carbocycles. The highest BCUT2D eigenvalue weighted by Crippen LogP contribution is 2.67. The van der Waals surface area contributed by atoms with Crippen LogP contribution >= 0.6 is 11.6 Å². The van der Waals surface area contributed by atoms with Gasteiger partial charge in [0.1, 0.15) is 12.4 Å². The third-order valence-corrected chi connectivity index (χ3v) is 9.38. The van der Waals surface area contributed by atoms with Gasteiger partial charge in [-0.05, 0) is 80.5 Å². The molecule has 7 atom stereocenters. The van der Waals surface area contributed by atoms with Gasteiger partial charge in [0.05, 0.1) is 0 Å². The molecule has 4 rings (SSSR count). The summed E-state index contributed by atoms with van der Waals surface area (Å²) in [5, 5.41) is 0.849. The van der Waals surface area contributed by atoms with Crippen LogP contribution in [-0.2, 0) is 14.3 Å². The lowest BCUT2D eigenvalue weighted by Gasteiger charge is -2.60. The topological polar surface area (TPSA) is 43.4 Å². The highest BCUT2D eigenvalue weighted by atomic mass is 35.5. The van der Waals surface area contributed by atoms with Gasteiger partial charge in [-0.25, -0.2) is 0 Å². The maximum absolute atomic E-state index is 11.5. The van der Waals surface area contributed by atoms with Crippen LogP contribution in [0.4, 0.5) is 0 Å². The molecule has 26 heavy (non-hydrogen) atoms. The molecule has 0 radical (unpaired) electrons. The molecular formula is C22H31ClO3. The van der Waals surface area contributed by atoms with Gasteiger partial charge in [-0.2, -0.15) is 0 Å². The summed E-state index contributed by atoms with van der Waals surface area (Å²) in [6, 6.07) is 0. The van der Waals surface area contributed by atoms with Crippen molar-refractivity contribution in [3.8, 4) is 0 Å². The van der Waals surface area contributed by atoms with Gasteiger partial charge in [0.2, 0.25) is 0 Å². The Morgan fingerprint density at radius 2 is 1.92 bits per heavy atom. The molecule has 0 spiro atoms. The Labute approximate surface area is 161 Å². The molecule has 0 saturated heterocycles. The molecule has 0 aromatic carbocycles. The average molecular weight is 379 g/mol. The van der Waals surface area contributed by atoms with Crippen LogP contribution in [0.2, 0.25) is 0 Å². The summed E-state index contributed by atoms with van der Waals surface area (Å²) >= 11 is 6.66. The number of carbonyl (C=O) groups excluding carboxylic acids is 2. The minimum atomic E-state index is -0.145. The van der Waals surface area contributed by atoms with Crippen LogP contribution in [0.5, 0.6) is 0 Å². The van der Waals surface area contributed by atoms with E-state index in [9.17, 15) is 9.59 Å². The SMILES string of the molecule is CC(=O)O[C@H]1CC[C@@]2(C)C(CCC3C2CC[C@]2(C)C(Cl)=C(C=O)CC32)C1. The van der Waals surface area contributed by atoms with Crippen LogP contribution in [0.25, 0.3) is 0 Å². The number of halogens is 1. The minimum Gasteiger partial charge on any atom is -0.463 e. The van der Waals surface area contributed by atoms with Gasteiger partial charge in [0.15, 0.2) is 0 Å². The Kier molecular flexibility index (Phi) is 4.53. The van der Waals surface area contributed by atoms with Gasteiger partial charge in [0.25, 0.3) is 0 Å². The maximum Gasteiger partial charge on any atom is 0.302 e. The predicted octanol–water partition coefficient (Wildman–Crippen LogP) is 5.26. The fourth-order valence-corrected chi connectivity index (χ4v) is 7.68. The standard InChI is InChI=1S/C22H31ClO3/c1-13(25)26-16-6-8-21(2)15(11-16)4-5-17-18(21)7-9-22(3)19(17)10-14(12-24)20(22)23/h12,15-19H,4-11H2,1-3H3/t15?,16-,17?,18?,19?,21-,22-/m0/s1. The normalized spacial score (nSPS) is 47.6. The molecule has 3 fully saturated rings. The number of rotatable bonds is 2. The molecule has 0 aromatic rings. The van der Waals surface area contributed by atoms with Gasteiger partial charge in [-0.15, -0.1) is 0 Å². The number of fused-ring (bicyclic) bond motifs is 5. The van der Waals surface area contributed by atoms with Crippen LogP contribution in [0.1, 0.15) is 72.1 Å². The van der Waals surface area contributed by atoms with Crippen molar-refractivity contribution < 1.29 is 14.3 Å². The van der Waals surface area contributed by atoms with E-state index in [4.69, 9.17) is 16.3 Å². The number of aldehydes is 1. The zero-order chi connectivity index (χ0) is 18.7. The molecule has 4 aliphatic rings. The fraction of sp³-hybridized carbons (Fsp3) is 0.818. The van der Waals surface area contributed by atoms with Crippen LogP contribution in [0.15, 0.2) is 10.6 Å². The van der Waals surface area contributed by atoms with E-state index in [1.165, 1.54) is 26.2 Å². The third kappa shape index (κ3) is 2.60. The minimum absolute atomic E-state index is 0.0110. The molecule has 4 aliphatic carbocycles. The number of carbonyl (C=O) groups is 2. The highest BCUT2D eigenvalue weighted by molar-refractivity contribution is 6.32. The Morgan fingerprint density at radius 3 is 2.62 bits per heavy atom. The Balaban J connectivity index is 1.56. The molecule has 3 nitrogen and oxygen atoms in total. The van der Waals surface area contributed by atoms with E-state index < -0.39 is 0 Å². The molecular weight excluding hydrogens is 348 g/mol. The summed E-state index contributed by atoms with van der Waals surface area (Å²) in [7, 11) is 0. The van der Waals surface area contributed by atoms with Crippen molar-refractivity contribution in [1.82, 2.24) is 0 Å². The lowest BCUT2D eigenvalue weighted by molar-refractivity contribution is -0.158. The van der Waals surface area contributed by atoms with E-state index in [-0.39, 0.29) is 17.5 Å². The van der Waals surface area contributed by atoms with Crippen molar-refractivity contribution in [3.05, 3.63) is 10.6 Å². The van der Waals surface area contributed by atoms with E-state index in [0.717, 1.165) is 49.0 Å². The predicted molar refractivity (Wildman–Crippen MR) is 102 cm³/mol. The molecule has 0 amide bonds. The van der Waals surface area contributed by atoms with Crippen LogP contribution in [-0.4, -0.2) is 18.4 Å². The van der Waals surface area contributed by atoms with Gasteiger partial charge >= 0.3 is 5.97 Å². The largest absolute Gasteiger partial charge is 0.463 e. The summed E-state index contributed by atoms with van der Waals surface area (Å²) in [5.41, 5.74) is 1.21. The van der Waals surface area contributed by atoms with E-state index in [0.29, 0.717) is 29.1 Å². The molecule has 0 heterocycles. The monoisotopic (exact) mass is 378 g/mol. The first kappa shape index (κ1) is 18.5. The first-order valence-electron chi connectivity index (χ1n) is 10.3. The van der Waals surface area contributed by atoms with Crippen molar-refractivity contribution in [1.29, 1.82) is 0 Å². The summed E-state index contributed by atoms with van der Waals surface area (Å²) < 4.78 is 5.55. The van der Waals surface area contributed by atoms with E-state index >= 15 is 0 Å². The van der Waals surface area contributed by atoms with Crippen molar-refractivity contribution in [2.75, 3.05) is 0 Å². The van der Waals surface area contributed by atoms with Crippen LogP contribution in [0.3, 0.4) is 0 Å². The van der Waals surface area contributed by atoms with Gasteiger partial charge in [-0.3, -0.25) is 9.59 Å². The van der Waals surface area contributed by atoms with Crippen molar-refractivity contribution in [2.45, 2.75) is 78.2 Å². The number of hydrogen-bond donors (Lipinski definition) is 0. The second-order valence-corrected chi connectivity index (χ2v) is 10.2. The van der Waals surface area contributed by atoms with Crippen LogP contribution in [0, 0.1) is 34.5 Å². The number of ether oxygens (including phenoxy) is 1. The molecule has 0 aromatic heterocycles. The third-order valence-electron chi connectivity index (χ3n) is 8.71. The zero-order valence-corrected chi connectivity index (χ0v) is 17.0. The van der Waals surface area contributed by atoms with Crippen LogP contribution < -0.4 is 0 Å². The maximum atomic E-state index is 11.5. The van der Waals surface area contributed by atoms with E-state index in [2.05, 4.69) is 13.8 Å². The molecule has 0 aliphatic heterocycles. The van der Waals surface area contributed by atoms with Gasteiger partial charge in [0, 0.05) is 22.9 Å². The van der Waals surface area contributed by atoms with Crippen molar-refractivity contribution in [3.63, 3.8) is 0 Å². The van der Waals surface area contributed by atoms with Crippen molar-refractivity contribution in [2.24, 2.45) is 34.5 Å². The molecule has 4 heteroatoms. The van der Waals surface area contributed by atoms with Crippen molar-refractivity contribution >= 4 is 23.9 Å². The van der Waals surface area contributed by atoms with E-state index in [1.54, 1.807) is 0 Å². The summed E-state index contributed by atoms with van der Waals surface area (Å²) in [6.45, 7) is 6.30. The second-order valence-electron chi connectivity index (χ2n) is 9.78. The Hall–Kier alpha value is -0.830. The Morgan fingerprint density at radius 1 is 1.15 bits per heavy atom. The number of allylic oxidation sites excluding steroid dienone is 2. The highest BCUT2D eigenvalue weighted by Gasteiger charge is 2.59. The smallest absolute Gasteiger partial charge is 0.302 e. The zero-order valence-electron chi connectivity index (χ0n) is 16.2. The van der Waals surface area contributed by atoms with Gasteiger partial charge in [-0.1, -0.05) is 25.4 Å². The number of esters is 1. The number of hydrogen-bond acceptors (Lipinski definition) is 3. The Bertz CT molecular complexity index is 656. The second kappa shape index (κ2) is 6.36. The first-order valence-corrected chi connectivity index (χ1v) is 10.7. The molecule has 0 bridgehead atoms. The lowest BCUT2D eigenvalue weighted by atomic mass is 9.45. The lowest BCUT2D eigenvalue weighted by Crippen LogP contribution is -2.53. The fourth-order valence-electron chi connectivity index (χ4n) is 7.32. The quantitative estimate of drug-likeness (QED) is 0.486. The molecule has 144 valence electrons. The summed E-state index contributed by atoms with van der Waals surface area (Å²) in [4.78, 5) is 22.9. The van der Waals surface area contributed by atoms with Gasteiger partial charge < -0.3 is 4.74 Å². The summed E-state index contributed by atoms with van der Waals surface area (Å²) in [5.74, 6) is 2.42. The molecule has 4 unspecified atom stereocenters. The van der Waals surface area contributed by atoms with E-state index in [1.807, 2.05) is 0 Å². The first-order chi connectivity index (χ1) is 12.3.